The van der Waals surface area contributed by atoms with Crippen LogP contribution in [0.2, 0.25) is 0 Å². The van der Waals surface area contributed by atoms with Crippen LogP contribution in [-0.2, 0) is 0 Å². The van der Waals surface area contributed by atoms with Crippen LogP contribution in [0.15, 0.2) is 0 Å². The Hall–Kier alpha value is -0.110. The lowest BCUT2D eigenvalue weighted by Gasteiger charge is -2.49. The summed E-state index contributed by atoms with van der Waals surface area (Å²) in [6.07, 6.45) is 3.71. The maximum Gasteiger partial charge on any atom is 0.101 e. The molecule has 1 saturated heterocycles. The summed E-state index contributed by atoms with van der Waals surface area (Å²) in [6, 6.07) is 0. The molecule has 1 spiro atoms. The van der Waals surface area contributed by atoms with Crippen LogP contribution in [0.4, 0.5) is 4.39 Å². The fraction of sp³-hybridized carbons (Fsp3) is 1.00. The lowest BCUT2D eigenvalue weighted by atomic mass is 9.63. The Morgan fingerprint density at radius 3 is 2.73 bits per heavy atom. The van der Waals surface area contributed by atoms with E-state index >= 15 is 0 Å². The van der Waals surface area contributed by atoms with Crippen molar-refractivity contribution in [3.05, 3.63) is 0 Å². The average Bonchev–Trinajstić information content (AvgIpc) is 1.84. The third kappa shape index (κ3) is 1.28. The highest BCUT2D eigenvalue weighted by molar-refractivity contribution is 4.97. The second-order valence-electron chi connectivity index (χ2n) is 4.35. The van der Waals surface area contributed by atoms with E-state index in [1.165, 1.54) is 19.4 Å². The molecule has 0 aromatic carbocycles. The Balaban J connectivity index is 1.93. The zero-order chi connectivity index (χ0) is 7.90. The zero-order valence-corrected chi connectivity index (χ0v) is 7.15. The molecule has 0 N–H and O–H groups in total. The maximum atomic E-state index is 12.7. The summed E-state index contributed by atoms with van der Waals surface area (Å²) in [5.41, 5.74) is 0.395. The van der Waals surface area contributed by atoms with E-state index in [1.54, 1.807) is 0 Å². The molecule has 2 fully saturated rings. The largest absolute Gasteiger partial charge is 0.306 e. The molecule has 0 radical (unpaired) electrons. The van der Waals surface area contributed by atoms with Gasteiger partial charge in [0.15, 0.2) is 0 Å². The van der Waals surface area contributed by atoms with Crippen LogP contribution in [0.5, 0.6) is 0 Å². The summed E-state index contributed by atoms with van der Waals surface area (Å²) in [6.45, 7) is 2.34. The number of alkyl halides is 1. The van der Waals surface area contributed by atoms with Crippen molar-refractivity contribution in [2.75, 3.05) is 20.1 Å². The summed E-state index contributed by atoms with van der Waals surface area (Å²) < 4.78 is 12.7. The van der Waals surface area contributed by atoms with Crippen molar-refractivity contribution in [2.45, 2.75) is 31.9 Å². The summed E-state index contributed by atoms with van der Waals surface area (Å²) in [7, 11) is 2.15. The van der Waals surface area contributed by atoms with Gasteiger partial charge < -0.3 is 4.90 Å². The third-order valence-electron chi connectivity index (χ3n) is 3.16. The Labute approximate surface area is 67.6 Å². The van der Waals surface area contributed by atoms with Gasteiger partial charge in [0.2, 0.25) is 0 Å². The molecule has 64 valence electrons. The third-order valence-corrected chi connectivity index (χ3v) is 3.16. The maximum absolute atomic E-state index is 12.7. The number of halogens is 1. The Morgan fingerprint density at radius 2 is 2.18 bits per heavy atom. The first kappa shape index (κ1) is 7.53. The molecule has 1 saturated carbocycles. The molecule has 2 rings (SSSR count). The first-order valence-corrected chi connectivity index (χ1v) is 4.53. The normalized spacial score (nSPS) is 45.8. The van der Waals surface area contributed by atoms with Crippen LogP contribution in [0.3, 0.4) is 0 Å². The number of rotatable bonds is 0. The van der Waals surface area contributed by atoms with E-state index in [0.29, 0.717) is 5.41 Å². The number of hydrogen-bond donors (Lipinski definition) is 0. The first-order chi connectivity index (χ1) is 5.20. The van der Waals surface area contributed by atoms with Crippen LogP contribution in [-0.4, -0.2) is 31.2 Å². The second kappa shape index (κ2) is 2.44. The van der Waals surface area contributed by atoms with E-state index in [4.69, 9.17) is 0 Å². The van der Waals surface area contributed by atoms with E-state index in [9.17, 15) is 4.39 Å². The molecule has 0 bridgehead atoms. The highest BCUT2D eigenvalue weighted by Crippen LogP contribution is 2.48. The standard InChI is InChI=1S/C9H16FN/c1-11-4-2-3-9(7-11)5-8(10)6-9/h8H,2-7H2,1H3. The van der Waals surface area contributed by atoms with Crippen molar-refractivity contribution in [1.29, 1.82) is 0 Å². The average molecular weight is 157 g/mol. The Kier molecular flexibility index (Phi) is 1.67. The molecular formula is C9H16FN. The van der Waals surface area contributed by atoms with Gasteiger partial charge in [0.1, 0.15) is 6.17 Å². The number of nitrogens with zero attached hydrogens (tertiary/aromatic N) is 1. The molecule has 1 nitrogen and oxygen atoms in total. The molecule has 0 aromatic rings. The van der Waals surface area contributed by atoms with Crippen LogP contribution < -0.4 is 0 Å². The van der Waals surface area contributed by atoms with E-state index < -0.39 is 6.17 Å². The SMILES string of the molecule is CN1CCCC2(CC(F)C2)C1. The minimum atomic E-state index is -0.485. The van der Waals surface area contributed by atoms with Crippen molar-refractivity contribution in [2.24, 2.45) is 5.41 Å². The molecule has 1 heterocycles. The second-order valence-corrected chi connectivity index (χ2v) is 4.35. The molecule has 11 heavy (non-hydrogen) atoms. The first-order valence-electron chi connectivity index (χ1n) is 4.53. The highest BCUT2D eigenvalue weighted by atomic mass is 19.1. The monoisotopic (exact) mass is 157 g/mol. The van der Waals surface area contributed by atoms with Gasteiger partial charge in [-0.1, -0.05) is 0 Å². The van der Waals surface area contributed by atoms with E-state index in [1.807, 2.05) is 0 Å². The predicted molar refractivity (Wildman–Crippen MR) is 43.3 cm³/mol. The molecule has 1 aliphatic heterocycles. The van der Waals surface area contributed by atoms with Gasteiger partial charge >= 0.3 is 0 Å². The minimum absolute atomic E-state index is 0.395. The molecule has 1 aliphatic carbocycles. The van der Waals surface area contributed by atoms with E-state index in [0.717, 1.165) is 19.4 Å². The van der Waals surface area contributed by atoms with Crippen LogP contribution in [0, 0.1) is 5.41 Å². The van der Waals surface area contributed by atoms with Gasteiger partial charge in [-0.15, -0.1) is 0 Å². The Bertz CT molecular complexity index is 146. The van der Waals surface area contributed by atoms with Crippen molar-refractivity contribution in [1.82, 2.24) is 4.90 Å². The lowest BCUT2D eigenvalue weighted by molar-refractivity contribution is -0.0301. The van der Waals surface area contributed by atoms with Gasteiger partial charge in [-0.3, -0.25) is 0 Å². The molecule has 2 heteroatoms. The summed E-state index contributed by atoms with van der Waals surface area (Å²) >= 11 is 0. The van der Waals surface area contributed by atoms with E-state index in [-0.39, 0.29) is 0 Å². The van der Waals surface area contributed by atoms with Gasteiger partial charge in [0.05, 0.1) is 0 Å². The summed E-state index contributed by atoms with van der Waals surface area (Å²) in [5.74, 6) is 0. The van der Waals surface area contributed by atoms with Crippen molar-refractivity contribution < 1.29 is 4.39 Å². The van der Waals surface area contributed by atoms with Gasteiger partial charge in [0.25, 0.3) is 0 Å². The topological polar surface area (TPSA) is 3.24 Å². The lowest BCUT2D eigenvalue weighted by Crippen LogP contribution is -2.49. The van der Waals surface area contributed by atoms with Crippen LogP contribution >= 0.6 is 0 Å². The number of likely N-dealkylation sites (tertiary alicyclic amines) is 1. The Morgan fingerprint density at radius 1 is 1.45 bits per heavy atom. The number of piperidine rings is 1. The smallest absolute Gasteiger partial charge is 0.101 e. The summed E-state index contributed by atoms with van der Waals surface area (Å²) in [4.78, 5) is 2.34. The summed E-state index contributed by atoms with van der Waals surface area (Å²) in [5, 5.41) is 0. The molecule has 2 aliphatic rings. The van der Waals surface area contributed by atoms with Crippen LogP contribution in [0.25, 0.3) is 0 Å². The zero-order valence-electron chi connectivity index (χ0n) is 7.15. The van der Waals surface area contributed by atoms with Crippen molar-refractivity contribution in [3.8, 4) is 0 Å². The van der Waals surface area contributed by atoms with Gasteiger partial charge in [-0.25, -0.2) is 4.39 Å². The predicted octanol–water partition coefficient (Wildman–Crippen LogP) is 1.83. The van der Waals surface area contributed by atoms with Crippen molar-refractivity contribution in [3.63, 3.8) is 0 Å². The molecule has 0 amide bonds. The number of hydrogen-bond acceptors (Lipinski definition) is 1. The fourth-order valence-electron chi connectivity index (χ4n) is 2.67. The molecule has 0 unspecified atom stereocenters. The minimum Gasteiger partial charge on any atom is -0.306 e. The van der Waals surface area contributed by atoms with Crippen molar-refractivity contribution >= 4 is 0 Å². The highest BCUT2D eigenvalue weighted by Gasteiger charge is 2.45. The quantitative estimate of drug-likeness (QED) is 0.518. The fourth-order valence-corrected chi connectivity index (χ4v) is 2.67. The molecule has 0 atom stereocenters. The molecular weight excluding hydrogens is 141 g/mol. The van der Waals surface area contributed by atoms with Gasteiger partial charge in [0, 0.05) is 6.54 Å². The van der Waals surface area contributed by atoms with Gasteiger partial charge in [-0.2, -0.15) is 0 Å². The molecule has 0 aromatic heterocycles. The van der Waals surface area contributed by atoms with Crippen LogP contribution in [0.1, 0.15) is 25.7 Å². The van der Waals surface area contributed by atoms with Gasteiger partial charge in [-0.05, 0) is 44.7 Å². The van der Waals surface area contributed by atoms with E-state index in [2.05, 4.69) is 11.9 Å².